The Hall–Kier alpha value is -2.68. The minimum atomic E-state index is -1.36. The fraction of sp³-hybridized carbons (Fsp3) is 0.222. The fourth-order valence-electron chi connectivity index (χ4n) is 2.82. The van der Waals surface area contributed by atoms with Gasteiger partial charge in [-0.05, 0) is 25.1 Å². The van der Waals surface area contributed by atoms with Crippen molar-refractivity contribution >= 4 is 11.6 Å². The van der Waals surface area contributed by atoms with Crippen LogP contribution in [0.2, 0.25) is 0 Å². The number of nitriles is 1. The Bertz CT molecular complexity index is 780. The van der Waals surface area contributed by atoms with Crippen LogP contribution in [-0.2, 0) is 0 Å². The van der Waals surface area contributed by atoms with Gasteiger partial charge in [0.2, 0.25) is 0 Å². The summed E-state index contributed by atoms with van der Waals surface area (Å²) in [6, 6.07) is 14.6. The van der Waals surface area contributed by atoms with Crippen molar-refractivity contribution in [3.05, 3.63) is 65.2 Å². The van der Waals surface area contributed by atoms with E-state index in [1.807, 2.05) is 25.1 Å². The van der Waals surface area contributed by atoms with Crippen molar-refractivity contribution in [3.63, 3.8) is 0 Å². The molecule has 2 N–H and O–H groups in total. The summed E-state index contributed by atoms with van der Waals surface area (Å²) in [5.41, 5.74) is 2.33. The molecule has 1 amide bonds. The van der Waals surface area contributed by atoms with E-state index in [9.17, 15) is 20.3 Å². The molecule has 0 radical (unpaired) electrons. The molecule has 116 valence electrons. The van der Waals surface area contributed by atoms with Crippen LogP contribution in [0.5, 0.6) is 0 Å². The number of aliphatic hydroxyl groups excluding tert-OH is 2. The summed E-state index contributed by atoms with van der Waals surface area (Å²) in [5.74, 6) is -0.380. The lowest BCUT2D eigenvalue weighted by atomic mass is 9.90. The number of hydrogen-bond donors (Lipinski definition) is 2. The van der Waals surface area contributed by atoms with E-state index in [0.717, 1.165) is 5.56 Å². The molecule has 2 aromatic rings. The number of carbonyl (C=O) groups is 1. The van der Waals surface area contributed by atoms with Gasteiger partial charge in [0.05, 0.1) is 11.8 Å². The predicted molar refractivity (Wildman–Crippen MR) is 84.8 cm³/mol. The van der Waals surface area contributed by atoms with Crippen molar-refractivity contribution < 1.29 is 15.0 Å². The van der Waals surface area contributed by atoms with Gasteiger partial charge in [0.25, 0.3) is 5.91 Å². The first kappa shape index (κ1) is 15.2. The quantitative estimate of drug-likeness (QED) is 0.843. The maximum atomic E-state index is 12.9. The standard InChI is InChI=1S/C18H16N2O3/c1-11-6-8-12(9-7-11)18(23)20-14-5-3-2-4-13(14)16(21)17(22)15(20)10-19/h2-9,15-17,21-22H,1H3/t15-,16-,17-/m0/s1. The highest BCUT2D eigenvalue weighted by Crippen LogP contribution is 2.37. The van der Waals surface area contributed by atoms with Crippen molar-refractivity contribution in [2.24, 2.45) is 0 Å². The van der Waals surface area contributed by atoms with Crippen LogP contribution in [0.25, 0.3) is 0 Å². The lowest BCUT2D eigenvalue weighted by Gasteiger charge is -2.39. The number of anilines is 1. The molecule has 3 rings (SSSR count). The van der Waals surface area contributed by atoms with Crippen molar-refractivity contribution in [1.82, 2.24) is 0 Å². The van der Waals surface area contributed by atoms with Crippen LogP contribution in [-0.4, -0.2) is 28.3 Å². The number of aliphatic hydroxyl groups is 2. The summed E-state index contributed by atoms with van der Waals surface area (Å²) >= 11 is 0. The molecule has 23 heavy (non-hydrogen) atoms. The molecule has 2 aromatic carbocycles. The average molecular weight is 308 g/mol. The minimum absolute atomic E-state index is 0.380. The Labute approximate surface area is 134 Å². The number of carbonyl (C=O) groups excluding carboxylic acids is 1. The molecule has 0 spiro atoms. The van der Waals surface area contributed by atoms with Crippen LogP contribution in [0.15, 0.2) is 48.5 Å². The molecule has 0 unspecified atom stereocenters. The van der Waals surface area contributed by atoms with Gasteiger partial charge in [0.1, 0.15) is 12.2 Å². The zero-order chi connectivity index (χ0) is 16.6. The lowest BCUT2D eigenvalue weighted by molar-refractivity contribution is 0.00562. The topological polar surface area (TPSA) is 84.6 Å². The molecule has 0 saturated heterocycles. The zero-order valence-corrected chi connectivity index (χ0v) is 12.5. The van der Waals surface area contributed by atoms with Crippen molar-refractivity contribution in [1.29, 1.82) is 5.26 Å². The Kier molecular flexibility index (Phi) is 3.87. The lowest BCUT2D eigenvalue weighted by Crippen LogP contribution is -2.52. The molecule has 3 atom stereocenters. The molecular formula is C18H16N2O3. The summed E-state index contributed by atoms with van der Waals surface area (Å²) in [4.78, 5) is 14.1. The number of fused-ring (bicyclic) bond motifs is 1. The molecule has 0 saturated carbocycles. The number of nitrogens with zero attached hydrogens (tertiary/aromatic N) is 2. The Morgan fingerprint density at radius 1 is 1.13 bits per heavy atom. The van der Waals surface area contributed by atoms with E-state index in [1.165, 1.54) is 4.90 Å². The summed E-state index contributed by atoms with van der Waals surface area (Å²) in [6.45, 7) is 1.92. The zero-order valence-electron chi connectivity index (χ0n) is 12.5. The first-order valence-electron chi connectivity index (χ1n) is 7.29. The fourth-order valence-corrected chi connectivity index (χ4v) is 2.82. The van der Waals surface area contributed by atoms with E-state index < -0.39 is 18.2 Å². The van der Waals surface area contributed by atoms with Crippen LogP contribution in [0.1, 0.15) is 27.6 Å². The summed E-state index contributed by atoms with van der Waals surface area (Å²) in [5, 5.41) is 29.8. The normalized spacial score (nSPS) is 23.0. The van der Waals surface area contributed by atoms with Crippen LogP contribution >= 0.6 is 0 Å². The third kappa shape index (κ3) is 2.48. The number of amides is 1. The molecule has 1 heterocycles. The van der Waals surface area contributed by atoms with Gasteiger partial charge in [0, 0.05) is 11.1 Å². The van der Waals surface area contributed by atoms with Crippen molar-refractivity contribution in [2.75, 3.05) is 4.90 Å². The monoisotopic (exact) mass is 308 g/mol. The molecule has 1 aliphatic rings. The van der Waals surface area contributed by atoms with Gasteiger partial charge in [0.15, 0.2) is 6.04 Å². The molecule has 0 bridgehead atoms. The summed E-state index contributed by atoms with van der Waals surface area (Å²) < 4.78 is 0. The molecule has 0 aliphatic carbocycles. The number of aryl methyl sites for hydroxylation is 1. The molecule has 0 aromatic heterocycles. The SMILES string of the molecule is Cc1ccc(C(=O)N2c3ccccc3[C@H](O)[C@@H](O)[C@@H]2C#N)cc1. The smallest absolute Gasteiger partial charge is 0.259 e. The Morgan fingerprint density at radius 3 is 2.43 bits per heavy atom. The molecular weight excluding hydrogens is 292 g/mol. The second-order valence-electron chi connectivity index (χ2n) is 5.61. The number of rotatable bonds is 1. The second kappa shape index (κ2) is 5.84. The average Bonchev–Trinajstić information content (AvgIpc) is 2.58. The highest BCUT2D eigenvalue weighted by molar-refractivity contribution is 6.07. The number of hydrogen-bond acceptors (Lipinski definition) is 4. The maximum Gasteiger partial charge on any atom is 0.259 e. The molecule has 5 nitrogen and oxygen atoms in total. The largest absolute Gasteiger partial charge is 0.387 e. The minimum Gasteiger partial charge on any atom is -0.387 e. The Balaban J connectivity index is 2.11. The van der Waals surface area contributed by atoms with E-state index in [4.69, 9.17) is 0 Å². The number of benzene rings is 2. The van der Waals surface area contributed by atoms with Gasteiger partial charge in [-0.1, -0.05) is 35.9 Å². The summed E-state index contributed by atoms with van der Waals surface area (Å²) in [7, 11) is 0. The predicted octanol–water partition coefficient (Wildman–Crippen LogP) is 1.94. The second-order valence-corrected chi connectivity index (χ2v) is 5.61. The molecule has 5 heteroatoms. The third-order valence-electron chi connectivity index (χ3n) is 4.09. The summed E-state index contributed by atoms with van der Waals surface area (Å²) in [6.07, 6.45) is -2.55. The first-order chi connectivity index (χ1) is 11.0. The van der Waals surface area contributed by atoms with Gasteiger partial charge < -0.3 is 10.2 Å². The third-order valence-corrected chi connectivity index (χ3v) is 4.09. The van der Waals surface area contributed by atoms with Gasteiger partial charge in [-0.2, -0.15) is 5.26 Å². The van der Waals surface area contributed by atoms with Gasteiger partial charge in [-0.3, -0.25) is 9.69 Å². The highest BCUT2D eigenvalue weighted by Gasteiger charge is 2.42. The molecule has 1 aliphatic heterocycles. The van der Waals surface area contributed by atoms with Gasteiger partial charge in [-0.15, -0.1) is 0 Å². The van der Waals surface area contributed by atoms with E-state index in [0.29, 0.717) is 16.8 Å². The Morgan fingerprint density at radius 2 is 1.78 bits per heavy atom. The number of para-hydroxylation sites is 1. The van der Waals surface area contributed by atoms with E-state index in [-0.39, 0.29) is 5.91 Å². The van der Waals surface area contributed by atoms with Crippen LogP contribution in [0, 0.1) is 18.3 Å². The van der Waals surface area contributed by atoms with E-state index in [1.54, 1.807) is 36.4 Å². The van der Waals surface area contributed by atoms with Crippen LogP contribution < -0.4 is 4.90 Å². The first-order valence-corrected chi connectivity index (χ1v) is 7.29. The van der Waals surface area contributed by atoms with Crippen LogP contribution in [0.4, 0.5) is 5.69 Å². The van der Waals surface area contributed by atoms with Gasteiger partial charge in [-0.25, -0.2) is 0 Å². The van der Waals surface area contributed by atoms with Crippen molar-refractivity contribution in [3.8, 4) is 6.07 Å². The van der Waals surface area contributed by atoms with Crippen molar-refractivity contribution in [2.45, 2.75) is 25.2 Å². The van der Waals surface area contributed by atoms with E-state index in [2.05, 4.69) is 0 Å². The van der Waals surface area contributed by atoms with Crippen LogP contribution in [0.3, 0.4) is 0 Å². The van der Waals surface area contributed by atoms with Gasteiger partial charge >= 0.3 is 0 Å². The highest BCUT2D eigenvalue weighted by atomic mass is 16.3. The molecule has 0 fully saturated rings. The van der Waals surface area contributed by atoms with E-state index >= 15 is 0 Å². The maximum absolute atomic E-state index is 12.9.